The van der Waals surface area contributed by atoms with E-state index in [1.54, 1.807) is 24.3 Å². The molecule has 4 aromatic carbocycles. The van der Waals surface area contributed by atoms with Crippen LogP contribution in [-0.4, -0.2) is 23.7 Å². The Morgan fingerprint density at radius 3 is 2.44 bits per heavy atom. The lowest BCUT2D eigenvalue weighted by molar-refractivity contribution is 0.0224. The molecule has 0 saturated carbocycles. The van der Waals surface area contributed by atoms with Crippen LogP contribution < -0.4 is 9.47 Å². The Labute approximate surface area is 225 Å². The molecule has 1 N–H and O–H groups in total. The van der Waals surface area contributed by atoms with E-state index in [0.717, 1.165) is 18.4 Å². The number of carbonyl (C=O) groups is 2. The fourth-order valence-corrected chi connectivity index (χ4v) is 5.05. The normalized spacial score (nSPS) is 16.5. The largest absolute Gasteiger partial charge is 0.508 e. The summed E-state index contributed by atoms with van der Waals surface area (Å²) in [4.78, 5) is 25.9. The number of ether oxygens (including phenoxy) is 4. The quantitative estimate of drug-likeness (QED) is 0.219. The lowest BCUT2D eigenvalue weighted by Gasteiger charge is -2.36. The molecule has 0 aliphatic carbocycles. The Balaban J connectivity index is 1.42. The van der Waals surface area contributed by atoms with E-state index in [9.17, 15) is 14.7 Å². The number of unbranched alkanes of at least 4 members (excludes halogenated alkanes) is 1. The van der Waals surface area contributed by atoms with Crippen molar-refractivity contribution in [1.82, 2.24) is 0 Å². The van der Waals surface area contributed by atoms with Gasteiger partial charge in [0.15, 0.2) is 5.60 Å². The second-order valence-electron chi connectivity index (χ2n) is 9.54. The van der Waals surface area contributed by atoms with Crippen LogP contribution in [-0.2, 0) is 21.7 Å². The van der Waals surface area contributed by atoms with Gasteiger partial charge in [0, 0.05) is 28.8 Å². The van der Waals surface area contributed by atoms with Crippen molar-refractivity contribution in [2.45, 2.75) is 32.0 Å². The van der Waals surface area contributed by atoms with Crippen LogP contribution >= 0.6 is 0 Å². The minimum absolute atomic E-state index is 0.0125. The number of fused-ring (bicyclic) bond motifs is 6. The van der Waals surface area contributed by atoms with Crippen LogP contribution in [0.25, 0.3) is 0 Å². The second kappa shape index (κ2) is 9.83. The van der Waals surface area contributed by atoms with Gasteiger partial charge < -0.3 is 24.1 Å². The molecule has 0 amide bonds. The lowest BCUT2D eigenvalue weighted by atomic mass is 9.77. The number of rotatable bonds is 7. The number of esters is 2. The van der Waals surface area contributed by atoms with E-state index in [4.69, 9.17) is 18.9 Å². The van der Waals surface area contributed by atoms with Crippen molar-refractivity contribution in [2.24, 2.45) is 0 Å². The molecular weight excluding hydrogens is 496 g/mol. The number of hydrogen-bond acceptors (Lipinski definition) is 7. The van der Waals surface area contributed by atoms with E-state index >= 15 is 0 Å². The van der Waals surface area contributed by atoms with Crippen LogP contribution in [0.4, 0.5) is 0 Å². The third-order valence-corrected chi connectivity index (χ3v) is 6.98. The fraction of sp³-hybridized carbons (Fsp3) is 0.188. The molecule has 2 aliphatic rings. The number of phenolic OH excluding ortho intramolecular Hbond substituents is 1. The van der Waals surface area contributed by atoms with Crippen molar-refractivity contribution < 1.29 is 33.6 Å². The Kier molecular flexibility index (Phi) is 6.19. The highest BCUT2D eigenvalue weighted by Gasteiger charge is 2.53. The van der Waals surface area contributed by atoms with Crippen molar-refractivity contribution in [3.63, 3.8) is 0 Å². The van der Waals surface area contributed by atoms with Gasteiger partial charge >= 0.3 is 11.9 Å². The molecule has 2 aliphatic heterocycles. The van der Waals surface area contributed by atoms with Crippen LogP contribution in [0.1, 0.15) is 62.7 Å². The van der Waals surface area contributed by atoms with Crippen molar-refractivity contribution in [2.75, 3.05) is 6.61 Å². The molecule has 39 heavy (non-hydrogen) atoms. The van der Waals surface area contributed by atoms with Crippen molar-refractivity contribution >= 4 is 11.9 Å². The molecule has 0 radical (unpaired) electrons. The van der Waals surface area contributed by atoms with Gasteiger partial charge in [-0.1, -0.05) is 49.7 Å². The molecule has 7 heteroatoms. The topological polar surface area (TPSA) is 91.3 Å². The first kappa shape index (κ1) is 24.6. The molecule has 2 heterocycles. The molecule has 6 rings (SSSR count). The van der Waals surface area contributed by atoms with Crippen molar-refractivity contribution in [3.05, 3.63) is 118 Å². The Morgan fingerprint density at radius 1 is 0.897 bits per heavy atom. The maximum Gasteiger partial charge on any atom is 0.340 e. The summed E-state index contributed by atoms with van der Waals surface area (Å²) in [6, 6.07) is 24.8. The zero-order valence-corrected chi connectivity index (χ0v) is 21.3. The molecule has 0 saturated heterocycles. The predicted octanol–water partition coefficient (Wildman–Crippen LogP) is 6.50. The minimum Gasteiger partial charge on any atom is -0.508 e. The van der Waals surface area contributed by atoms with Crippen LogP contribution in [0, 0.1) is 0 Å². The number of phenols is 1. The van der Waals surface area contributed by atoms with Crippen LogP contribution in [0.15, 0.2) is 84.9 Å². The molecule has 4 aromatic rings. The van der Waals surface area contributed by atoms with E-state index in [-0.39, 0.29) is 16.9 Å². The number of benzene rings is 4. The number of aromatic hydroxyl groups is 1. The molecule has 1 atom stereocenters. The van der Waals surface area contributed by atoms with Gasteiger partial charge in [0.2, 0.25) is 0 Å². The van der Waals surface area contributed by atoms with Crippen molar-refractivity contribution in [1.29, 1.82) is 0 Å². The summed E-state index contributed by atoms with van der Waals surface area (Å²) in [6.07, 6.45) is 1.67. The Morgan fingerprint density at radius 2 is 1.64 bits per heavy atom. The highest BCUT2D eigenvalue weighted by Crippen LogP contribution is 2.57. The SMILES string of the molecule is CCCCOC(=O)c1ccc2c(c1)C(=O)OC21c2ccc(O)cc2Oc2cc(OCc3ccccc3)ccc21. The Hall–Kier alpha value is -4.78. The van der Waals surface area contributed by atoms with Gasteiger partial charge in [0.1, 0.15) is 29.6 Å². The summed E-state index contributed by atoms with van der Waals surface area (Å²) in [5.74, 6) is 0.320. The van der Waals surface area contributed by atoms with Gasteiger partial charge in [-0.15, -0.1) is 0 Å². The summed E-state index contributed by atoms with van der Waals surface area (Å²) in [7, 11) is 0. The van der Waals surface area contributed by atoms with Gasteiger partial charge in [0.25, 0.3) is 0 Å². The van der Waals surface area contributed by atoms with E-state index < -0.39 is 17.5 Å². The van der Waals surface area contributed by atoms with Gasteiger partial charge in [0.05, 0.1) is 17.7 Å². The number of carbonyl (C=O) groups excluding carboxylic acids is 2. The average Bonchev–Trinajstić information content (AvgIpc) is 3.24. The zero-order chi connectivity index (χ0) is 27.0. The molecule has 7 nitrogen and oxygen atoms in total. The highest BCUT2D eigenvalue weighted by atomic mass is 16.6. The third kappa shape index (κ3) is 4.26. The van der Waals surface area contributed by atoms with E-state index in [2.05, 4.69) is 0 Å². The summed E-state index contributed by atoms with van der Waals surface area (Å²) in [5, 5.41) is 10.2. The minimum atomic E-state index is -1.33. The smallest absolute Gasteiger partial charge is 0.340 e. The van der Waals surface area contributed by atoms with Crippen molar-refractivity contribution in [3.8, 4) is 23.0 Å². The average molecular weight is 523 g/mol. The monoisotopic (exact) mass is 522 g/mol. The van der Waals surface area contributed by atoms with Crippen LogP contribution in [0.3, 0.4) is 0 Å². The standard InChI is InChI=1S/C32H26O7/c1-2-3-15-36-30(34)21-9-12-25-24(16-21)31(35)39-32(25)26-13-10-22(33)17-28(26)38-29-18-23(11-14-27(29)32)37-19-20-7-5-4-6-8-20/h4-14,16-18,33H,2-3,15,19H2,1H3. The van der Waals surface area contributed by atoms with Crippen LogP contribution in [0.2, 0.25) is 0 Å². The first-order chi connectivity index (χ1) is 19.0. The summed E-state index contributed by atoms with van der Waals surface area (Å²) < 4.78 is 23.7. The van der Waals surface area contributed by atoms with E-state index in [1.807, 2.05) is 49.4 Å². The molecule has 0 bridgehead atoms. The molecular formula is C32H26O7. The van der Waals surface area contributed by atoms with Gasteiger partial charge in [-0.3, -0.25) is 0 Å². The predicted molar refractivity (Wildman–Crippen MR) is 142 cm³/mol. The summed E-state index contributed by atoms with van der Waals surface area (Å²) in [6.45, 7) is 2.70. The third-order valence-electron chi connectivity index (χ3n) is 6.98. The molecule has 0 aromatic heterocycles. The molecule has 1 spiro atoms. The molecule has 0 fully saturated rings. The Bertz CT molecular complexity index is 1580. The van der Waals surface area contributed by atoms with Gasteiger partial charge in [-0.2, -0.15) is 0 Å². The van der Waals surface area contributed by atoms with E-state index in [0.29, 0.717) is 47.2 Å². The van der Waals surface area contributed by atoms with E-state index in [1.165, 1.54) is 18.2 Å². The highest BCUT2D eigenvalue weighted by molar-refractivity contribution is 6.00. The lowest BCUT2D eigenvalue weighted by Crippen LogP contribution is -2.33. The first-order valence-electron chi connectivity index (χ1n) is 12.9. The second-order valence-corrected chi connectivity index (χ2v) is 9.54. The maximum absolute atomic E-state index is 13.3. The summed E-state index contributed by atoms with van der Waals surface area (Å²) in [5.41, 5.74) is 2.00. The zero-order valence-electron chi connectivity index (χ0n) is 21.3. The van der Waals surface area contributed by atoms with Gasteiger partial charge in [-0.05, 0) is 48.4 Å². The maximum atomic E-state index is 13.3. The fourth-order valence-electron chi connectivity index (χ4n) is 5.05. The molecule has 196 valence electrons. The van der Waals surface area contributed by atoms with Gasteiger partial charge in [-0.25, -0.2) is 9.59 Å². The molecule has 1 unspecified atom stereocenters. The van der Waals surface area contributed by atoms with Crippen LogP contribution in [0.5, 0.6) is 23.0 Å². The summed E-state index contributed by atoms with van der Waals surface area (Å²) >= 11 is 0. The first-order valence-corrected chi connectivity index (χ1v) is 12.9. The number of hydrogen-bond donors (Lipinski definition) is 1.